The van der Waals surface area contributed by atoms with Gasteiger partial charge in [0.2, 0.25) is 0 Å². The van der Waals surface area contributed by atoms with Gasteiger partial charge >= 0.3 is 0 Å². The summed E-state index contributed by atoms with van der Waals surface area (Å²) in [5.74, 6) is 5.09. The van der Waals surface area contributed by atoms with E-state index in [1.165, 1.54) is 30.4 Å². The fraction of sp³-hybridized carbons (Fsp3) is 0.619. The summed E-state index contributed by atoms with van der Waals surface area (Å²) < 4.78 is 6.04. The molecule has 23 heavy (non-hydrogen) atoms. The predicted molar refractivity (Wildman–Crippen MR) is 97.1 cm³/mol. The molecule has 2 aliphatic carbocycles. The second kappa shape index (κ2) is 5.58. The van der Waals surface area contributed by atoms with Crippen molar-refractivity contribution >= 4 is 17.3 Å². The Balaban J connectivity index is 1.22. The van der Waals surface area contributed by atoms with Crippen molar-refractivity contribution < 1.29 is 4.74 Å². The average Bonchev–Trinajstić information content (AvgIpc) is 3.34. The number of benzene rings is 1. The van der Waals surface area contributed by atoms with E-state index in [4.69, 9.17) is 4.74 Å². The Labute approximate surface area is 143 Å². The maximum Gasteiger partial charge on any atom is 0.0912 e. The zero-order valence-corrected chi connectivity index (χ0v) is 14.7. The highest BCUT2D eigenvalue weighted by Gasteiger charge is 2.62. The van der Waals surface area contributed by atoms with Crippen LogP contribution in [0.4, 0.5) is 0 Å². The van der Waals surface area contributed by atoms with E-state index < -0.39 is 0 Å². The Morgan fingerprint density at radius 3 is 2.74 bits per heavy atom. The molecular weight excluding hydrogens is 300 g/mol. The van der Waals surface area contributed by atoms with Crippen LogP contribution in [0.15, 0.2) is 36.6 Å². The Bertz CT molecular complexity index is 610. The molecule has 2 aliphatic heterocycles. The second-order valence-electron chi connectivity index (χ2n) is 8.12. The van der Waals surface area contributed by atoms with Crippen molar-refractivity contribution in [2.24, 2.45) is 29.6 Å². The van der Waals surface area contributed by atoms with Crippen molar-refractivity contribution in [3.8, 4) is 0 Å². The summed E-state index contributed by atoms with van der Waals surface area (Å²) in [6.07, 6.45) is 8.03. The standard InChI is InChI=1S/C21H26OS/c1-13(14-5-3-2-4-6-14)11-22-12-17-10-18-19-15-7-8-16(9-15)20(19)21(17)23-18/h2-6,11,15-21H,7-10,12H2,1H3/b13-11-. The number of hydrogen-bond donors (Lipinski definition) is 0. The van der Waals surface area contributed by atoms with Gasteiger partial charge in [0, 0.05) is 16.4 Å². The molecule has 122 valence electrons. The maximum absolute atomic E-state index is 6.04. The number of ether oxygens (including phenoxy) is 1. The van der Waals surface area contributed by atoms with Gasteiger partial charge in [0.05, 0.1) is 12.9 Å². The molecule has 0 N–H and O–H groups in total. The van der Waals surface area contributed by atoms with Gasteiger partial charge in [0.1, 0.15) is 0 Å². The molecule has 0 spiro atoms. The van der Waals surface area contributed by atoms with Crippen molar-refractivity contribution in [3.63, 3.8) is 0 Å². The van der Waals surface area contributed by atoms with Gasteiger partial charge in [-0.25, -0.2) is 0 Å². The van der Waals surface area contributed by atoms with E-state index in [1.54, 1.807) is 6.42 Å². The van der Waals surface area contributed by atoms with Gasteiger partial charge in [-0.15, -0.1) is 0 Å². The second-order valence-corrected chi connectivity index (χ2v) is 9.55. The van der Waals surface area contributed by atoms with Crippen molar-refractivity contribution in [3.05, 3.63) is 42.2 Å². The van der Waals surface area contributed by atoms with Crippen molar-refractivity contribution in [2.45, 2.75) is 43.1 Å². The minimum Gasteiger partial charge on any atom is -0.501 e. The lowest BCUT2D eigenvalue weighted by atomic mass is 9.68. The first-order valence-corrected chi connectivity index (χ1v) is 10.2. The third-order valence-electron chi connectivity index (χ3n) is 6.99. The van der Waals surface area contributed by atoms with Gasteiger partial charge in [0.15, 0.2) is 0 Å². The molecular formula is C21H26OS. The molecule has 4 bridgehead atoms. The number of thioether (sulfide) groups is 1. The molecule has 2 heterocycles. The summed E-state index contributed by atoms with van der Waals surface area (Å²) in [6.45, 7) is 3.08. The summed E-state index contributed by atoms with van der Waals surface area (Å²) in [5.41, 5.74) is 2.50. The molecule has 0 aromatic heterocycles. The third kappa shape index (κ3) is 2.28. The number of rotatable bonds is 4. The first-order chi connectivity index (χ1) is 11.3. The lowest BCUT2D eigenvalue weighted by Crippen LogP contribution is -2.38. The molecule has 5 rings (SSSR count). The number of allylic oxidation sites excluding steroid dienone is 1. The van der Waals surface area contributed by atoms with Crippen LogP contribution >= 0.6 is 11.8 Å². The van der Waals surface area contributed by atoms with Gasteiger partial charge in [-0.05, 0) is 67.4 Å². The van der Waals surface area contributed by atoms with Crippen LogP contribution in [0.2, 0.25) is 0 Å². The van der Waals surface area contributed by atoms with E-state index in [0.717, 1.165) is 46.7 Å². The summed E-state index contributed by atoms with van der Waals surface area (Å²) in [5, 5.41) is 1.87. The topological polar surface area (TPSA) is 9.23 Å². The molecule has 4 fully saturated rings. The molecule has 1 nitrogen and oxygen atoms in total. The lowest BCUT2D eigenvalue weighted by molar-refractivity contribution is 0.110. The molecule has 1 aromatic rings. The van der Waals surface area contributed by atoms with Crippen LogP contribution in [0, 0.1) is 29.6 Å². The normalized spacial score (nSPS) is 43.9. The Kier molecular flexibility index (Phi) is 3.51. The van der Waals surface area contributed by atoms with Gasteiger partial charge in [-0.3, -0.25) is 0 Å². The van der Waals surface area contributed by atoms with Gasteiger partial charge in [0.25, 0.3) is 0 Å². The largest absolute Gasteiger partial charge is 0.501 e. The van der Waals surface area contributed by atoms with Crippen molar-refractivity contribution in [1.82, 2.24) is 0 Å². The van der Waals surface area contributed by atoms with Crippen LogP contribution in [-0.4, -0.2) is 17.1 Å². The number of fused-ring (bicyclic) bond motifs is 9. The van der Waals surface area contributed by atoms with E-state index in [9.17, 15) is 0 Å². The Hall–Kier alpha value is -0.890. The van der Waals surface area contributed by atoms with Crippen LogP contribution in [0.5, 0.6) is 0 Å². The zero-order chi connectivity index (χ0) is 15.4. The fourth-order valence-electron chi connectivity index (χ4n) is 6.10. The van der Waals surface area contributed by atoms with E-state index in [-0.39, 0.29) is 0 Å². The highest BCUT2D eigenvalue weighted by atomic mass is 32.2. The van der Waals surface area contributed by atoms with E-state index in [0.29, 0.717) is 0 Å². The highest BCUT2D eigenvalue weighted by molar-refractivity contribution is 8.01. The van der Waals surface area contributed by atoms with E-state index in [2.05, 4.69) is 49.0 Å². The van der Waals surface area contributed by atoms with E-state index in [1.807, 2.05) is 6.26 Å². The van der Waals surface area contributed by atoms with Crippen LogP contribution in [0.3, 0.4) is 0 Å². The molecule has 2 saturated heterocycles. The summed E-state index contributed by atoms with van der Waals surface area (Å²) in [4.78, 5) is 0. The van der Waals surface area contributed by atoms with Gasteiger partial charge < -0.3 is 4.74 Å². The Morgan fingerprint density at radius 2 is 1.91 bits per heavy atom. The molecule has 0 radical (unpaired) electrons. The highest BCUT2D eigenvalue weighted by Crippen LogP contribution is 2.68. The Morgan fingerprint density at radius 1 is 1.13 bits per heavy atom. The quantitative estimate of drug-likeness (QED) is 0.701. The first kappa shape index (κ1) is 14.5. The van der Waals surface area contributed by atoms with Crippen LogP contribution in [0.1, 0.15) is 38.2 Å². The fourth-order valence-corrected chi connectivity index (χ4v) is 8.45. The predicted octanol–water partition coefficient (Wildman–Crippen LogP) is 5.23. The van der Waals surface area contributed by atoms with Gasteiger partial charge in [-0.1, -0.05) is 30.3 Å². The maximum atomic E-state index is 6.04. The minimum atomic E-state index is 0.797. The molecule has 7 atom stereocenters. The number of hydrogen-bond acceptors (Lipinski definition) is 2. The van der Waals surface area contributed by atoms with Crippen LogP contribution < -0.4 is 0 Å². The van der Waals surface area contributed by atoms with Crippen molar-refractivity contribution in [2.75, 3.05) is 6.61 Å². The third-order valence-corrected chi connectivity index (χ3v) is 8.86. The minimum absolute atomic E-state index is 0.797. The molecule has 2 saturated carbocycles. The zero-order valence-electron chi connectivity index (χ0n) is 13.9. The molecule has 7 unspecified atom stereocenters. The van der Waals surface area contributed by atoms with Crippen LogP contribution in [-0.2, 0) is 4.74 Å². The molecule has 4 aliphatic rings. The summed E-state index contributed by atoms with van der Waals surface area (Å²) >= 11 is 2.33. The lowest BCUT2D eigenvalue weighted by Gasteiger charge is -2.37. The average molecular weight is 327 g/mol. The first-order valence-electron chi connectivity index (χ1n) is 9.30. The van der Waals surface area contributed by atoms with E-state index >= 15 is 0 Å². The summed E-state index contributed by atoms with van der Waals surface area (Å²) in [7, 11) is 0. The molecule has 1 aromatic carbocycles. The monoisotopic (exact) mass is 326 g/mol. The van der Waals surface area contributed by atoms with Gasteiger partial charge in [-0.2, -0.15) is 11.8 Å². The summed E-state index contributed by atoms with van der Waals surface area (Å²) in [6, 6.07) is 10.6. The molecule has 0 amide bonds. The van der Waals surface area contributed by atoms with Crippen molar-refractivity contribution in [1.29, 1.82) is 0 Å². The smallest absolute Gasteiger partial charge is 0.0912 e. The molecule has 2 heteroatoms. The SMILES string of the molecule is C/C(=C/OCC1CC2SC1C1C3CCC(C3)C21)c1ccccc1. The van der Waals surface area contributed by atoms with Crippen LogP contribution in [0.25, 0.3) is 5.57 Å².